The lowest BCUT2D eigenvalue weighted by molar-refractivity contribution is -0.124. The first-order valence-corrected chi connectivity index (χ1v) is 10.5. The topological polar surface area (TPSA) is 74.5 Å². The van der Waals surface area contributed by atoms with Crippen LogP contribution in [0.15, 0.2) is 22.6 Å². The maximum Gasteiger partial charge on any atom is 0.240 e. The molecule has 1 aromatic heterocycles. The van der Waals surface area contributed by atoms with Crippen molar-refractivity contribution in [3.05, 3.63) is 35.3 Å². The van der Waals surface area contributed by atoms with Gasteiger partial charge in [0.1, 0.15) is 11.8 Å². The van der Waals surface area contributed by atoms with Gasteiger partial charge in [-0.15, -0.1) is 0 Å². The van der Waals surface area contributed by atoms with Gasteiger partial charge in [-0.05, 0) is 43.1 Å². The molecular weight excluding hydrogens is 359 g/mol. The molecule has 0 spiro atoms. The number of aryl methyl sites for hydroxylation is 1. The van der Waals surface area contributed by atoms with Gasteiger partial charge >= 0.3 is 0 Å². The first-order valence-electron chi connectivity index (χ1n) is 10.5. The number of rotatable bonds is 10. The number of carbonyl (C=O) groups excluding carboxylic acids is 1. The fourth-order valence-electron chi connectivity index (χ4n) is 3.78. The van der Waals surface area contributed by atoms with E-state index in [0.29, 0.717) is 18.5 Å². The number of hydrogen-bond acceptors (Lipinski definition) is 4. The highest BCUT2D eigenvalue weighted by atomic mass is 19.1. The summed E-state index contributed by atoms with van der Waals surface area (Å²) in [6, 6.07) is 4.56. The number of carbonyl (C=O) groups is 1. The van der Waals surface area contributed by atoms with E-state index in [1.807, 2.05) is 12.1 Å². The second kappa shape index (κ2) is 10.0. The van der Waals surface area contributed by atoms with Crippen LogP contribution in [0, 0.1) is 5.82 Å². The van der Waals surface area contributed by atoms with E-state index in [1.54, 1.807) is 0 Å². The van der Waals surface area contributed by atoms with Crippen LogP contribution >= 0.6 is 0 Å². The summed E-state index contributed by atoms with van der Waals surface area (Å²) in [7, 11) is 0. The molecule has 1 fully saturated rings. The lowest BCUT2D eigenvalue weighted by Gasteiger charge is -2.14. The quantitative estimate of drug-likeness (QED) is 0.539. The third kappa shape index (κ3) is 5.32. The minimum atomic E-state index is -0.669. The molecule has 2 aromatic rings. The van der Waals surface area contributed by atoms with Crippen molar-refractivity contribution >= 4 is 16.9 Å². The molecule has 1 aliphatic rings. The summed E-state index contributed by atoms with van der Waals surface area (Å²) in [6.07, 6.45) is 7.95. The number of hydrogen-bond donors (Lipinski definition) is 3. The van der Waals surface area contributed by atoms with Crippen LogP contribution < -0.4 is 10.6 Å². The highest BCUT2D eigenvalue weighted by Gasteiger charge is 2.30. The van der Waals surface area contributed by atoms with Gasteiger partial charge in [0.15, 0.2) is 11.4 Å². The summed E-state index contributed by atoms with van der Waals surface area (Å²) in [6.45, 7) is 3.04. The molecule has 1 amide bonds. The van der Waals surface area contributed by atoms with Gasteiger partial charge in [-0.2, -0.15) is 0 Å². The zero-order chi connectivity index (χ0) is 19.9. The number of amides is 1. The normalized spacial score (nSPS) is 19.4. The zero-order valence-electron chi connectivity index (χ0n) is 16.6. The highest BCUT2D eigenvalue weighted by Crippen LogP contribution is 2.25. The largest absolute Gasteiger partial charge is 0.458 e. The lowest BCUT2D eigenvalue weighted by atomic mass is 10.1. The number of nitrogens with one attached hydrogen (secondary N) is 2. The standard InChI is InChI=1S/C22H31FN2O3/c1-2-3-4-5-6-7-8-17-13-16-11-15(12-18(23)21(16)28-17)14-25-22(27)20-19(26)9-10-24-20/h11-13,19-20,24,26H,2-10,14H2,1H3,(H,25,27)/t19-,20-/m0/s1. The van der Waals surface area contributed by atoms with Gasteiger partial charge < -0.3 is 20.2 Å². The van der Waals surface area contributed by atoms with E-state index in [1.165, 1.54) is 31.7 Å². The minimum absolute atomic E-state index is 0.217. The van der Waals surface area contributed by atoms with Gasteiger partial charge in [0.05, 0.1) is 6.10 Å². The maximum atomic E-state index is 14.4. The van der Waals surface area contributed by atoms with Crippen molar-refractivity contribution in [2.45, 2.75) is 77.0 Å². The van der Waals surface area contributed by atoms with E-state index < -0.39 is 18.0 Å². The first-order chi connectivity index (χ1) is 13.6. The van der Waals surface area contributed by atoms with Crippen molar-refractivity contribution in [1.82, 2.24) is 10.6 Å². The molecule has 2 heterocycles. The van der Waals surface area contributed by atoms with Crippen molar-refractivity contribution in [3.63, 3.8) is 0 Å². The number of unbranched alkanes of at least 4 members (excludes halogenated alkanes) is 5. The van der Waals surface area contributed by atoms with Crippen LogP contribution in [0.1, 0.15) is 63.2 Å². The summed E-state index contributed by atoms with van der Waals surface area (Å²) in [5.41, 5.74) is 0.960. The van der Waals surface area contributed by atoms with E-state index in [9.17, 15) is 14.3 Å². The molecule has 2 atom stereocenters. The Morgan fingerprint density at radius 1 is 1.25 bits per heavy atom. The number of furan rings is 1. The number of benzene rings is 1. The Morgan fingerprint density at radius 3 is 2.79 bits per heavy atom. The Morgan fingerprint density at radius 2 is 2.04 bits per heavy atom. The van der Waals surface area contributed by atoms with E-state index in [0.717, 1.165) is 30.4 Å². The van der Waals surface area contributed by atoms with Crippen LogP contribution in [0.3, 0.4) is 0 Å². The Labute approximate surface area is 165 Å². The predicted molar refractivity (Wildman–Crippen MR) is 108 cm³/mol. The molecule has 1 aliphatic heterocycles. The molecule has 1 saturated heterocycles. The molecule has 3 N–H and O–H groups in total. The van der Waals surface area contributed by atoms with Gasteiger partial charge in [-0.1, -0.05) is 39.0 Å². The van der Waals surface area contributed by atoms with Crippen LogP contribution in [0.4, 0.5) is 4.39 Å². The average molecular weight is 390 g/mol. The average Bonchev–Trinajstić information content (AvgIpc) is 3.29. The smallest absolute Gasteiger partial charge is 0.240 e. The van der Waals surface area contributed by atoms with Crippen molar-refractivity contribution in [3.8, 4) is 0 Å². The summed E-state index contributed by atoms with van der Waals surface area (Å²) < 4.78 is 20.1. The Kier molecular flexibility index (Phi) is 7.45. The van der Waals surface area contributed by atoms with Crippen molar-refractivity contribution in [2.75, 3.05) is 6.54 Å². The summed E-state index contributed by atoms with van der Waals surface area (Å²) in [5, 5.41) is 16.2. The molecule has 0 unspecified atom stereocenters. The molecule has 6 heteroatoms. The van der Waals surface area contributed by atoms with Gasteiger partial charge in [0, 0.05) is 18.4 Å². The molecule has 28 heavy (non-hydrogen) atoms. The fourth-order valence-corrected chi connectivity index (χ4v) is 3.78. The summed E-state index contributed by atoms with van der Waals surface area (Å²) in [4.78, 5) is 12.1. The van der Waals surface area contributed by atoms with Gasteiger partial charge in [0.2, 0.25) is 5.91 Å². The third-order valence-electron chi connectivity index (χ3n) is 5.40. The van der Waals surface area contributed by atoms with Gasteiger partial charge in [-0.3, -0.25) is 4.79 Å². The molecule has 0 bridgehead atoms. The molecule has 0 aliphatic carbocycles. The Balaban J connectivity index is 1.55. The van der Waals surface area contributed by atoms with Crippen LogP contribution in [-0.4, -0.2) is 29.7 Å². The molecule has 0 saturated carbocycles. The SMILES string of the molecule is CCCCCCCCc1cc2cc(CNC(=O)[C@H]3NCC[C@@H]3O)cc(F)c2o1. The minimum Gasteiger partial charge on any atom is -0.458 e. The molecule has 0 radical (unpaired) electrons. The van der Waals surface area contributed by atoms with Crippen molar-refractivity contribution in [2.24, 2.45) is 0 Å². The number of halogens is 1. The number of aliphatic hydroxyl groups is 1. The molecule has 3 rings (SSSR count). The summed E-state index contributed by atoms with van der Waals surface area (Å²) >= 11 is 0. The molecule has 1 aromatic carbocycles. The van der Waals surface area contributed by atoms with Crippen LogP contribution in [0.25, 0.3) is 11.0 Å². The monoisotopic (exact) mass is 390 g/mol. The second-order valence-corrected chi connectivity index (χ2v) is 7.73. The van der Waals surface area contributed by atoms with Crippen molar-refractivity contribution in [1.29, 1.82) is 0 Å². The predicted octanol–water partition coefficient (Wildman–Crippen LogP) is 3.81. The van der Waals surface area contributed by atoms with E-state index in [-0.39, 0.29) is 18.0 Å². The Hall–Kier alpha value is -1.92. The Bertz CT molecular complexity index is 789. The first kappa shape index (κ1) is 20.8. The van der Waals surface area contributed by atoms with E-state index in [4.69, 9.17) is 4.42 Å². The highest BCUT2D eigenvalue weighted by molar-refractivity contribution is 5.83. The summed E-state index contributed by atoms with van der Waals surface area (Å²) in [5.74, 6) is 0.139. The molecule has 5 nitrogen and oxygen atoms in total. The fraction of sp³-hybridized carbons (Fsp3) is 0.591. The zero-order valence-corrected chi connectivity index (χ0v) is 16.6. The number of aliphatic hydroxyl groups excluding tert-OH is 1. The van der Waals surface area contributed by atoms with Crippen LogP contribution in [0.5, 0.6) is 0 Å². The van der Waals surface area contributed by atoms with E-state index in [2.05, 4.69) is 17.6 Å². The van der Waals surface area contributed by atoms with Crippen LogP contribution in [0.2, 0.25) is 0 Å². The molecule has 154 valence electrons. The van der Waals surface area contributed by atoms with Gasteiger partial charge in [-0.25, -0.2) is 4.39 Å². The van der Waals surface area contributed by atoms with E-state index >= 15 is 0 Å². The van der Waals surface area contributed by atoms with Gasteiger partial charge in [0.25, 0.3) is 0 Å². The lowest BCUT2D eigenvalue weighted by Crippen LogP contribution is -2.45. The third-order valence-corrected chi connectivity index (χ3v) is 5.40. The molecular formula is C22H31FN2O3. The number of fused-ring (bicyclic) bond motifs is 1. The maximum absolute atomic E-state index is 14.4. The second-order valence-electron chi connectivity index (χ2n) is 7.73. The van der Waals surface area contributed by atoms with Crippen molar-refractivity contribution < 1.29 is 18.7 Å². The van der Waals surface area contributed by atoms with Crippen LogP contribution in [-0.2, 0) is 17.8 Å².